The van der Waals surface area contributed by atoms with E-state index in [-0.39, 0.29) is 5.91 Å². The van der Waals surface area contributed by atoms with Crippen LogP contribution in [0.2, 0.25) is 0 Å². The van der Waals surface area contributed by atoms with Gasteiger partial charge in [0.25, 0.3) is 5.91 Å². The Labute approximate surface area is 164 Å². The van der Waals surface area contributed by atoms with Gasteiger partial charge in [0.15, 0.2) is 5.17 Å². The molecule has 1 fully saturated rings. The number of ether oxygens (including phenoxy) is 1. The molecule has 138 valence electrons. The van der Waals surface area contributed by atoms with Gasteiger partial charge in [0.2, 0.25) is 0 Å². The number of carbonyl (C=O) groups is 1. The van der Waals surface area contributed by atoms with E-state index >= 15 is 0 Å². The van der Waals surface area contributed by atoms with Gasteiger partial charge in [-0.1, -0.05) is 49.9 Å². The maximum Gasteiger partial charge on any atom is 0.266 e. The van der Waals surface area contributed by atoms with Crippen molar-refractivity contribution in [3.05, 3.63) is 77.2 Å². The highest BCUT2D eigenvalue weighted by Gasteiger charge is 2.30. The highest BCUT2D eigenvalue weighted by atomic mass is 32.2. The molecular weight excluding hydrogens is 356 g/mol. The number of thioether (sulfide) groups is 1. The number of para-hydroxylation sites is 1. The van der Waals surface area contributed by atoms with E-state index in [0.29, 0.717) is 16.7 Å². The van der Waals surface area contributed by atoms with E-state index in [4.69, 9.17) is 9.73 Å². The molecule has 0 aromatic heterocycles. The van der Waals surface area contributed by atoms with Crippen LogP contribution in [0.3, 0.4) is 0 Å². The van der Waals surface area contributed by atoms with E-state index < -0.39 is 0 Å². The number of rotatable bonds is 6. The Kier molecular flexibility index (Phi) is 6.14. The summed E-state index contributed by atoms with van der Waals surface area (Å²) >= 11 is 1.40. The second-order valence-electron chi connectivity index (χ2n) is 6.02. The molecule has 3 rings (SSSR count). The van der Waals surface area contributed by atoms with E-state index in [0.717, 1.165) is 23.4 Å². The number of hydrogen-bond acceptors (Lipinski definition) is 4. The molecule has 0 saturated carbocycles. The highest BCUT2D eigenvalue weighted by Crippen LogP contribution is 2.34. The summed E-state index contributed by atoms with van der Waals surface area (Å²) in [5.74, 6) is 0.734. The smallest absolute Gasteiger partial charge is 0.266 e. The topological polar surface area (TPSA) is 41.9 Å². The SMILES string of the molecule is C=CCOc1ccc(/C=C2/SC(=Nc3ccccc3CC)N(C)C2=O)cc1. The third kappa shape index (κ3) is 4.49. The predicted molar refractivity (Wildman–Crippen MR) is 113 cm³/mol. The minimum atomic E-state index is -0.0419. The molecule has 0 unspecified atom stereocenters. The molecule has 2 aromatic carbocycles. The van der Waals surface area contributed by atoms with E-state index in [2.05, 4.69) is 19.6 Å². The number of amides is 1. The van der Waals surface area contributed by atoms with Gasteiger partial charge in [-0.2, -0.15) is 0 Å². The van der Waals surface area contributed by atoms with Crippen molar-refractivity contribution in [2.24, 2.45) is 4.99 Å². The summed E-state index contributed by atoms with van der Waals surface area (Å²) in [6.07, 6.45) is 4.49. The van der Waals surface area contributed by atoms with Crippen LogP contribution in [0.5, 0.6) is 5.75 Å². The van der Waals surface area contributed by atoms with Gasteiger partial charge >= 0.3 is 0 Å². The zero-order chi connectivity index (χ0) is 19.2. The Morgan fingerprint density at radius 3 is 2.63 bits per heavy atom. The van der Waals surface area contributed by atoms with Crippen molar-refractivity contribution in [2.45, 2.75) is 13.3 Å². The van der Waals surface area contributed by atoms with Crippen LogP contribution in [-0.2, 0) is 11.2 Å². The summed E-state index contributed by atoms with van der Waals surface area (Å²) in [6.45, 7) is 6.21. The number of hydrogen-bond donors (Lipinski definition) is 0. The number of benzene rings is 2. The zero-order valence-corrected chi connectivity index (χ0v) is 16.3. The second kappa shape index (κ2) is 8.73. The van der Waals surface area contributed by atoms with Gasteiger partial charge in [-0.3, -0.25) is 9.69 Å². The Morgan fingerprint density at radius 2 is 1.93 bits per heavy atom. The monoisotopic (exact) mass is 378 g/mol. The van der Waals surface area contributed by atoms with Crippen molar-refractivity contribution in [2.75, 3.05) is 13.7 Å². The summed E-state index contributed by atoms with van der Waals surface area (Å²) in [7, 11) is 1.76. The van der Waals surface area contributed by atoms with Crippen molar-refractivity contribution in [3.8, 4) is 5.75 Å². The molecule has 5 heteroatoms. The maximum absolute atomic E-state index is 12.6. The van der Waals surface area contributed by atoms with Crippen LogP contribution in [0.4, 0.5) is 5.69 Å². The van der Waals surface area contributed by atoms with E-state index in [9.17, 15) is 4.79 Å². The zero-order valence-electron chi connectivity index (χ0n) is 15.5. The first kappa shape index (κ1) is 19.0. The van der Waals surface area contributed by atoms with Crippen molar-refractivity contribution in [3.63, 3.8) is 0 Å². The minimum Gasteiger partial charge on any atom is -0.490 e. The molecular formula is C22H22N2O2S. The Hall–Kier alpha value is -2.79. The average molecular weight is 378 g/mol. The second-order valence-corrected chi connectivity index (χ2v) is 7.03. The number of aryl methyl sites for hydroxylation is 1. The molecule has 0 spiro atoms. The van der Waals surface area contributed by atoms with Gasteiger partial charge in [-0.15, -0.1) is 0 Å². The molecule has 1 saturated heterocycles. The maximum atomic E-state index is 12.6. The molecule has 1 aliphatic rings. The van der Waals surface area contributed by atoms with Gasteiger partial charge in [-0.05, 0) is 53.6 Å². The third-order valence-corrected chi connectivity index (χ3v) is 5.20. The number of nitrogens with zero attached hydrogens (tertiary/aromatic N) is 2. The van der Waals surface area contributed by atoms with Crippen molar-refractivity contribution < 1.29 is 9.53 Å². The first-order valence-corrected chi connectivity index (χ1v) is 9.62. The van der Waals surface area contributed by atoms with Crippen molar-refractivity contribution >= 4 is 34.6 Å². The summed E-state index contributed by atoms with van der Waals surface area (Å²) in [5.41, 5.74) is 3.02. The van der Waals surface area contributed by atoms with E-state index in [1.54, 1.807) is 18.0 Å². The van der Waals surface area contributed by atoms with Gasteiger partial charge in [0, 0.05) is 7.05 Å². The fraction of sp³-hybridized carbons (Fsp3) is 0.182. The first-order valence-electron chi connectivity index (χ1n) is 8.80. The van der Waals surface area contributed by atoms with Crippen LogP contribution >= 0.6 is 11.8 Å². The molecule has 1 aliphatic heterocycles. The molecule has 0 atom stereocenters. The minimum absolute atomic E-state index is 0.0419. The predicted octanol–water partition coefficient (Wildman–Crippen LogP) is 5.05. The molecule has 2 aromatic rings. The Morgan fingerprint density at radius 1 is 1.19 bits per heavy atom. The summed E-state index contributed by atoms with van der Waals surface area (Å²) in [5, 5.41) is 0.693. The molecule has 0 radical (unpaired) electrons. The normalized spacial score (nSPS) is 17.0. The lowest BCUT2D eigenvalue weighted by Crippen LogP contribution is -2.23. The summed E-state index contributed by atoms with van der Waals surface area (Å²) in [6, 6.07) is 15.6. The number of aliphatic imine (C=N–C) groups is 1. The lowest BCUT2D eigenvalue weighted by molar-refractivity contribution is -0.121. The average Bonchev–Trinajstić information content (AvgIpc) is 2.95. The quantitative estimate of drug-likeness (QED) is 0.522. The molecule has 1 amide bonds. The molecule has 27 heavy (non-hydrogen) atoms. The van der Waals surface area contributed by atoms with Crippen molar-refractivity contribution in [1.29, 1.82) is 0 Å². The summed E-state index contributed by atoms with van der Waals surface area (Å²) < 4.78 is 5.49. The molecule has 0 aliphatic carbocycles. The van der Waals surface area contributed by atoms with Gasteiger partial charge < -0.3 is 4.74 Å². The Bertz CT molecular complexity index is 901. The third-order valence-electron chi connectivity index (χ3n) is 4.14. The molecule has 0 N–H and O–H groups in total. The van der Waals surface area contributed by atoms with Crippen LogP contribution < -0.4 is 4.74 Å². The number of carbonyl (C=O) groups excluding carboxylic acids is 1. The summed E-state index contributed by atoms with van der Waals surface area (Å²) in [4.78, 5) is 19.6. The highest BCUT2D eigenvalue weighted by molar-refractivity contribution is 8.18. The van der Waals surface area contributed by atoms with E-state index in [1.807, 2.05) is 48.5 Å². The van der Waals surface area contributed by atoms with Crippen LogP contribution in [0, 0.1) is 0 Å². The standard InChI is InChI=1S/C22H22N2O2S/c1-4-14-26-18-12-10-16(11-13-18)15-20-21(25)24(3)22(27-20)23-19-9-7-6-8-17(19)5-2/h4,6-13,15H,1,5,14H2,2-3H3/b20-15+,23-22?. The van der Waals surface area contributed by atoms with E-state index in [1.165, 1.54) is 17.3 Å². The molecule has 4 nitrogen and oxygen atoms in total. The van der Waals surface area contributed by atoms with Crippen LogP contribution in [0.1, 0.15) is 18.1 Å². The fourth-order valence-electron chi connectivity index (χ4n) is 2.64. The van der Waals surface area contributed by atoms with Crippen LogP contribution in [0.15, 0.2) is 71.1 Å². The first-order chi connectivity index (χ1) is 13.1. The van der Waals surface area contributed by atoms with Crippen LogP contribution in [0.25, 0.3) is 6.08 Å². The lowest BCUT2D eigenvalue weighted by Gasteiger charge is -2.08. The largest absolute Gasteiger partial charge is 0.490 e. The van der Waals surface area contributed by atoms with Crippen LogP contribution in [-0.4, -0.2) is 29.6 Å². The molecule has 1 heterocycles. The Balaban J connectivity index is 1.82. The lowest BCUT2D eigenvalue weighted by atomic mass is 10.1. The molecule has 0 bridgehead atoms. The van der Waals surface area contributed by atoms with Gasteiger partial charge in [-0.25, -0.2) is 4.99 Å². The van der Waals surface area contributed by atoms with Crippen molar-refractivity contribution in [1.82, 2.24) is 4.90 Å². The number of amidine groups is 1. The van der Waals surface area contributed by atoms with Gasteiger partial charge in [0.1, 0.15) is 12.4 Å². The fourth-order valence-corrected chi connectivity index (χ4v) is 3.62. The number of likely N-dealkylation sites (N-methyl/N-ethyl adjacent to an activating group) is 1. The van der Waals surface area contributed by atoms with Gasteiger partial charge in [0.05, 0.1) is 10.6 Å².